The fourth-order valence-corrected chi connectivity index (χ4v) is 1.82. The molecule has 0 spiro atoms. The minimum absolute atomic E-state index is 0.130. The summed E-state index contributed by atoms with van der Waals surface area (Å²) in [7, 11) is -3.27. The number of nitrogens with one attached hydrogen (secondary N) is 1. The minimum atomic E-state index is -3.27. The third-order valence-corrected chi connectivity index (χ3v) is 3.39. The van der Waals surface area contributed by atoms with Crippen molar-refractivity contribution in [1.82, 2.24) is 5.32 Å². The van der Waals surface area contributed by atoms with Gasteiger partial charge in [-0.1, -0.05) is 13.8 Å². The van der Waals surface area contributed by atoms with Gasteiger partial charge in [0.1, 0.15) is 15.9 Å². The highest BCUT2D eigenvalue weighted by Crippen LogP contribution is 2.01. The summed E-state index contributed by atoms with van der Waals surface area (Å²) >= 11 is 0. The molecule has 0 aromatic carbocycles. The smallest absolute Gasteiger partial charge is 0.326 e. The predicted molar refractivity (Wildman–Crippen MR) is 66.7 cm³/mol. The zero-order valence-electron chi connectivity index (χ0n) is 10.7. The monoisotopic (exact) mass is 280 g/mol. The van der Waals surface area contributed by atoms with E-state index in [4.69, 9.17) is 10.8 Å². The highest BCUT2D eigenvalue weighted by molar-refractivity contribution is 7.90. The molecule has 1 amide bonds. The molecule has 0 aliphatic rings. The lowest BCUT2D eigenvalue weighted by Crippen LogP contribution is -2.50. The van der Waals surface area contributed by atoms with Crippen molar-refractivity contribution >= 4 is 21.7 Å². The molecule has 18 heavy (non-hydrogen) atoms. The van der Waals surface area contributed by atoms with E-state index < -0.39 is 33.8 Å². The van der Waals surface area contributed by atoms with Gasteiger partial charge < -0.3 is 16.2 Å². The van der Waals surface area contributed by atoms with E-state index in [0.29, 0.717) is 0 Å². The van der Waals surface area contributed by atoms with E-state index in [-0.39, 0.29) is 18.1 Å². The van der Waals surface area contributed by atoms with Crippen molar-refractivity contribution in [1.29, 1.82) is 0 Å². The molecule has 106 valence electrons. The molecule has 1 unspecified atom stereocenters. The van der Waals surface area contributed by atoms with Crippen LogP contribution in [0.25, 0.3) is 0 Å². The van der Waals surface area contributed by atoms with E-state index in [1.807, 2.05) is 0 Å². The lowest BCUT2D eigenvalue weighted by Gasteiger charge is -2.19. The van der Waals surface area contributed by atoms with Crippen molar-refractivity contribution in [3.63, 3.8) is 0 Å². The van der Waals surface area contributed by atoms with E-state index in [2.05, 4.69) is 5.32 Å². The van der Waals surface area contributed by atoms with Gasteiger partial charge in [0.15, 0.2) is 0 Å². The van der Waals surface area contributed by atoms with Crippen LogP contribution in [-0.2, 0) is 19.4 Å². The number of carboxylic acids is 1. The van der Waals surface area contributed by atoms with E-state index in [1.165, 1.54) is 0 Å². The van der Waals surface area contributed by atoms with Gasteiger partial charge in [-0.25, -0.2) is 13.2 Å². The summed E-state index contributed by atoms with van der Waals surface area (Å²) in [4.78, 5) is 22.5. The number of hydrogen-bond acceptors (Lipinski definition) is 5. The first-order chi connectivity index (χ1) is 8.04. The molecule has 0 aromatic rings. The molecule has 7 nitrogen and oxygen atoms in total. The van der Waals surface area contributed by atoms with Crippen LogP contribution >= 0.6 is 0 Å². The van der Waals surface area contributed by atoms with Gasteiger partial charge in [0.2, 0.25) is 5.91 Å². The average Bonchev–Trinajstić information content (AvgIpc) is 2.20. The molecule has 8 heteroatoms. The summed E-state index contributed by atoms with van der Waals surface area (Å²) in [6.07, 6.45) is 0.832. The molecule has 0 fully saturated rings. The topological polar surface area (TPSA) is 127 Å². The highest BCUT2D eigenvalue weighted by atomic mass is 32.2. The number of amides is 1. The van der Waals surface area contributed by atoms with Crippen LogP contribution in [0.5, 0.6) is 0 Å². The molecule has 0 saturated heterocycles. The SMILES string of the molecule is CC(C)[C@H](N)C(=O)NC(CCS(C)(=O)=O)C(=O)O. The third kappa shape index (κ3) is 6.55. The summed E-state index contributed by atoms with van der Waals surface area (Å²) in [6.45, 7) is 3.47. The number of nitrogens with two attached hydrogens (primary N) is 1. The fraction of sp³-hybridized carbons (Fsp3) is 0.800. The van der Waals surface area contributed by atoms with Crippen LogP contribution in [0.4, 0.5) is 0 Å². The van der Waals surface area contributed by atoms with Gasteiger partial charge in [-0.2, -0.15) is 0 Å². The Bertz CT molecular complexity index is 404. The van der Waals surface area contributed by atoms with E-state index in [0.717, 1.165) is 6.26 Å². The molecule has 2 atom stereocenters. The summed E-state index contributed by atoms with van der Waals surface area (Å²) < 4.78 is 21.9. The molecular formula is C10H20N2O5S. The molecule has 4 N–H and O–H groups in total. The summed E-state index contributed by atoms with van der Waals surface area (Å²) in [5, 5.41) is 11.1. The van der Waals surface area contributed by atoms with Crippen LogP contribution in [0.2, 0.25) is 0 Å². The van der Waals surface area contributed by atoms with Crippen molar-refractivity contribution in [3.8, 4) is 0 Å². The first kappa shape index (κ1) is 16.9. The van der Waals surface area contributed by atoms with Gasteiger partial charge in [0, 0.05) is 6.26 Å². The van der Waals surface area contributed by atoms with Crippen LogP contribution in [0.1, 0.15) is 20.3 Å². The zero-order chi connectivity index (χ0) is 14.5. The van der Waals surface area contributed by atoms with Crippen LogP contribution in [0, 0.1) is 5.92 Å². The van der Waals surface area contributed by atoms with Crippen LogP contribution < -0.4 is 11.1 Å². The number of rotatable bonds is 7. The van der Waals surface area contributed by atoms with Gasteiger partial charge in [-0.15, -0.1) is 0 Å². The number of aliphatic carboxylic acids is 1. The molecule has 0 saturated carbocycles. The van der Waals surface area contributed by atoms with Gasteiger partial charge in [-0.05, 0) is 12.3 Å². The first-order valence-corrected chi connectivity index (χ1v) is 7.57. The number of hydrogen-bond donors (Lipinski definition) is 3. The predicted octanol–water partition coefficient (Wildman–Crippen LogP) is -1.03. The first-order valence-electron chi connectivity index (χ1n) is 5.51. The average molecular weight is 280 g/mol. The molecule has 0 rings (SSSR count). The molecular weight excluding hydrogens is 260 g/mol. The van der Waals surface area contributed by atoms with E-state index >= 15 is 0 Å². The maximum Gasteiger partial charge on any atom is 0.326 e. The zero-order valence-corrected chi connectivity index (χ0v) is 11.5. The van der Waals surface area contributed by atoms with Crippen molar-refractivity contribution in [2.75, 3.05) is 12.0 Å². The largest absolute Gasteiger partial charge is 0.480 e. The Morgan fingerprint density at radius 2 is 1.83 bits per heavy atom. The molecule has 0 heterocycles. The Morgan fingerprint density at radius 1 is 1.33 bits per heavy atom. The van der Waals surface area contributed by atoms with Gasteiger partial charge in [-0.3, -0.25) is 4.79 Å². The van der Waals surface area contributed by atoms with Gasteiger partial charge >= 0.3 is 5.97 Å². The second kappa shape index (κ2) is 6.69. The summed E-state index contributed by atoms with van der Waals surface area (Å²) in [5.41, 5.74) is 5.57. The van der Waals surface area contributed by atoms with Gasteiger partial charge in [0.05, 0.1) is 11.8 Å². The lowest BCUT2D eigenvalue weighted by molar-refractivity contribution is -0.142. The lowest BCUT2D eigenvalue weighted by atomic mass is 10.0. The Balaban J connectivity index is 4.55. The quantitative estimate of drug-likeness (QED) is 0.547. The second-order valence-electron chi connectivity index (χ2n) is 4.59. The van der Waals surface area contributed by atoms with Crippen LogP contribution in [0.3, 0.4) is 0 Å². The Labute approximate surface area is 107 Å². The van der Waals surface area contributed by atoms with E-state index in [9.17, 15) is 18.0 Å². The number of carboxylic acid groups (broad SMARTS) is 1. The second-order valence-corrected chi connectivity index (χ2v) is 6.85. The fourth-order valence-electron chi connectivity index (χ4n) is 1.16. The van der Waals surface area contributed by atoms with Crippen LogP contribution in [0.15, 0.2) is 0 Å². The maximum atomic E-state index is 11.6. The standard InChI is InChI=1S/C10H20N2O5S/c1-6(2)8(11)9(13)12-7(10(14)15)4-5-18(3,16)17/h6-8H,4-5,11H2,1-3H3,(H,12,13)(H,14,15)/t7?,8-/m0/s1. The molecule has 0 radical (unpaired) electrons. The molecule has 0 aromatic heterocycles. The van der Waals surface area contributed by atoms with Crippen LogP contribution in [-0.4, -0.2) is 49.5 Å². The minimum Gasteiger partial charge on any atom is -0.480 e. The Morgan fingerprint density at radius 3 is 2.17 bits per heavy atom. The van der Waals surface area contributed by atoms with Gasteiger partial charge in [0.25, 0.3) is 0 Å². The van der Waals surface area contributed by atoms with E-state index in [1.54, 1.807) is 13.8 Å². The number of sulfone groups is 1. The summed E-state index contributed by atoms with van der Waals surface area (Å²) in [5.74, 6) is -2.30. The number of carbonyl (C=O) groups excluding carboxylic acids is 1. The Hall–Kier alpha value is -1.15. The maximum absolute atomic E-state index is 11.6. The molecule has 0 aliphatic heterocycles. The van der Waals surface area contributed by atoms with Crippen molar-refractivity contribution in [3.05, 3.63) is 0 Å². The number of carbonyl (C=O) groups is 2. The Kier molecular flexibility index (Phi) is 6.27. The normalized spacial score (nSPS) is 15.2. The summed E-state index contributed by atoms with van der Waals surface area (Å²) in [6, 6.07) is -2.05. The highest BCUT2D eigenvalue weighted by Gasteiger charge is 2.25. The molecule has 0 aliphatic carbocycles. The van der Waals surface area contributed by atoms with Crippen molar-refractivity contribution < 1.29 is 23.1 Å². The van der Waals surface area contributed by atoms with Crippen molar-refractivity contribution in [2.24, 2.45) is 11.7 Å². The van der Waals surface area contributed by atoms with Crippen molar-refractivity contribution in [2.45, 2.75) is 32.4 Å². The molecule has 0 bridgehead atoms. The third-order valence-electron chi connectivity index (χ3n) is 2.41.